The molecule has 11 heteroatoms. The van der Waals surface area contributed by atoms with E-state index in [9.17, 15) is 28.1 Å². The van der Waals surface area contributed by atoms with Crippen LogP contribution in [0, 0.1) is 10.1 Å². The molecule has 1 aromatic rings. The summed E-state index contributed by atoms with van der Waals surface area (Å²) in [7, 11) is -3.36. The van der Waals surface area contributed by atoms with Gasteiger partial charge in [-0.25, -0.2) is 13.2 Å². The van der Waals surface area contributed by atoms with Crippen molar-refractivity contribution in [2.75, 3.05) is 20.2 Å². The standard InChI is InChI=1S/C13H16N2O8S/c1-3-6-14(8-12(16)17)24(21,22)11-5-4-9(15(19)20)7-10(11)13(18)23-2/h4-5,7H,3,6,8H2,1-2H3,(H,16,17). The summed E-state index contributed by atoms with van der Waals surface area (Å²) >= 11 is 0. The van der Waals surface area contributed by atoms with E-state index in [4.69, 9.17) is 5.11 Å². The first-order chi connectivity index (χ1) is 11.1. The SMILES string of the molecule is CCCN(CC(=O)O)S(=O)(=O)c1ccc([N+](=O)[O-])cc1C(=O)OC. The van der Waals surface area contributed by atoms with Gasteiger partial charge in [0.25, 0.3) is 5.69 Å². The van der Waals surface area contributed by atoms with E-state index in [0.717, 1.165) is 25.3 Å². The van der Waals surface area contributed by atoms with E-state index < -0.39 is 49.6 Å². The van der Waals surface area contributed by atoms with Crippen LogP contribution >= 0.6 is 0 Å². The molecule has 0 atom stereocenters. The number of methoxy groups -OCH3 is 1. The number of nitro benzene ring substituents is 1. The molecule has 0 spiro atoms. The number of ether oxygens (including phenoxy) is 1. The van der Waals surface area contributed by atoms with Crippen LogP contribution in [0.15, 0.2) is 23.1 Å². The Kier molecular flexibility index (Phi) is 6.37. The number of benzene rings is 1. The van der Waals surface area contributed by atoms with Crippen LogP contribution in [0.4, 0.5) is 5.69 Å². The van der Waals surface area contributed by atoms with E-state index in [-0.39, 0.29) is 6.54 Å². The molecule has 0 unspecified atom stereocenters. The molecular weight excluding hydrogens is 344 g/mol. The molecule has 0 fully saturated rings. The number of aliphatic carboxylic acids is 1. The zero-order chi connectivity index (χ0) is 18.5. The fourth-order valence-electron chi connectivity index (χ4n) is 1.95. The number of carbonyl (C=O) groups excluding carboxylic acids is 1. The number of sulfonamides is 1. The largest absolute Gasteiger partial charge is 0.480 e. The number of carboxylic acid groups (broad SMARTS) is 1. The van der Waals surface area contributed by atoms with Crippen LogP contribution in [0.5, 0.6) is 0 Å². The van der Waals surface area contributed by atoms with E-state index in [0.29, 0.717) is 10.7 Å². The Morgan fingerprint density at radius 2 is 2.00 bits per heavy atom. The maximum Gasteiger partial charge on any atom is 0.339 e. The lowest BCUT2D eigenvalue weighted by Gasteiger charge is -2.20. The fraction of sp³-hybridized carbons (Fsp3) is 0.385. The molecule has 0 aliphatic heterocycles. The Morgan fingerprint density at radius 1 is 1.38 bits per heavy atom. The summed E-state index contributed by atoms with van der Waals surface area (Å²) in [5.41, 5.74) is -1.02. The lowest BCUT2D eigenvalue weighted by molar-refractivity contribution is -0.384. The van der Waals surface area contributed by atoms with Gasteiger partial charge in [-0.05, 0) is 12.5 Å². The van der Waals surface area contributed by atoms with Crippen molar-refractivity contribution in [3.63, 3.8) is 0 Å². The summed E-state index contributed by atoms with van der Waals surface area (Å²) in [6.07, 6.45) is 0.340. The monoisotopic (exact) mass is 360 g/mol. The molecule has 0 aromatic heterocycles. The lowest BCUT2D eigenvalue weighted by atomic mass is 10.2. The predicted octanol–water partition coefficient (Wildman–Crippen LogP) is 0.867. The van der Waals surface area contributed by atoms with Gasteiger partial charge in [-0.1, -0.05) is 6.92 Å². The molecule has 0 saturated carbocycles. The minimum atomic E-state index is -4.36. The zero-order valence-electron chi connectivity index (χ0n) is 13.0. The van der Waals surface area contributed by atoms with Crippen LogP contribution in [0.3, 0.4) is 0 Å². The highest BCUT2D eigenvalue weighted by atomic mass is 32.2. The maximum atomic E-state index is 12.7. The van der Waals surface area contributed by atoms with Crippen molar-refractivity contribution in [1.82, 2.24) is 4.31 Å². The Morgan fingerprint density at radius 3 is 2.46 bits per heavy atom. The smallest absolute Gasteiger partial charge is 0.339 e. The lowest BCUT2D eigenvalue weighted by Crippen LogP contribution is -2.37. The molecule has 0 amide bonds. The van der Waals surface area contributed by atoms with Gasteiger partial charge in [-0.15, -0.1) is 0 Å². The number of nitrogens with zero attached hydrogens (tertiary/aromatic N) is 2. The predicted molar refractivity (Wildman–Crippen MR) is 81.1 cm³/mol. The van der Waals surface area contributed by atoms with Crippen molar-refractivity contribution in [2.45, 2.75) is 18.2 Å². The van der Waals surface area contributed by atoms with Gasteiger partial charge in [0, 0.05) is 18.7 Å². The third kappa shape index (κ3) is 4.26. The van der Waals surface area contributed by atoms with Crippen LogP contribution in [0.1, 0.15) is 23.7 Å². The summed E-state index contributed by atoms with van der Waals surface area (Å²) in [5.74, 6) is -2.45. The first kappa shape index (κ1) is 19.5. The number of carbonyl (C=O) groups is 2. The van der Waals surface area contributed by atoms with Crippen molar-refractivity contribution in [2.24, 2.45) is 0 Å². The molecule has 0 aliphatic rings. The minimum Gasteiger partial charge on any atom is -0.480 e. The van der Waals surface area contributed by atoms with Crippen LogP contribution in [0.2, 0.25) is 0 Å². The number of non-ortho nitro benzene ring substituents is 1. The molecule has 1 rings (SSSR count). The van der Waals surface area contributed by atoms with Gasteiger partial charge in [-0.2, -0.15) is 4.31 Å². The quantitative estimate of drug-likeness (QED) is 0.408. The van der Waals surface area contributed by atoms with E-state index in [1.807, 2.05) is 0 Å². The van der Waals surface area contributed by atoms with Gasteiger partial charge in [0.1, 0.15) is 6.54 Å². The normalized spacial score (nSPS) is 11.3. The number of hydrogen-bond donors (Lipinski definition) is 1. The number of carboxylic acids is 1. The van der Waals surface area contributed by atoms with Gasteiger partial charge in [0.05, 0.1) is 22.5 Å². The molecule has 0 bridgehead atoms. The number of hydrogen-bond acceptors (Lipinski definition) is 7. The Bertz CT molecular complexity index is 759. The Labute approximate surface area is 137 Å². The molecule has 1 aromatic carbocycles. The highest BCUT2D eigenvalue weighted by Crippen LogP contribution is 2.25. The average molecular weight is 360 g/mol. The zero-order valence-corrected chi connectivity index (χ0v) is 13.8. The topological polar surface area (TPSA) is 144 Å². The second-order valence-corrected chi connectivity index (χ2v) is 6.57. The van der Waals surface area contributed by atoms with Crippen LogP contribution in [0.25, 0.3) is 0 Å². The average Bonchev–Trinajstić information content (AvgIpc) is 2.52. The molecule has 0 aliphatic carbocycles. The molecule has 24 heavy (non-hydrogen) atoms. The highest BCUT2D eigenvalue weighted by molar-refractivity contribution is 7.89. The van der Waals surface area contributed by atoms with Gasteiger partial charge >= 0.3 is 11.9 Å². The van der Waals surface area contributed by atoms with Gasteiger partial charge in [0.15, 0.2) is 0 Å². The summed E-state index contributed by atoms with van der Waals surface area (Å²) in [4.78, 5) is 32.2. The van der Waals surface area contributed by atoms with Gasteiger partial charge < -0.3 is 9.84 Å². The fourth-order valence-corrected chi connectivity index (χ4v) is 3.59. The highest BCUT2D eigenvalue weighted by Gasteiger charge is 2.31. The summed E-state index contributed by atoms with van der Waals surface area (Å²) in [6.45, 7) is 0.765. The Balaban J connectivity index is 3.53. The number of nitro groups is 1. The molecule has 1 N–H and O–H groups in total. The molecule has 0 saturated heterocycles. The summed E-state index contributed by atoms with van der Waals surface area (Å²) in [6, 6.07) is 2.60. The number of rotatable bonds is 8. The van der Waals surface area contributed by atoms with Crippen molar-refractivity contribution >= 4 is 27.6 Å². The minimum absolute atomic E-state index is 0.0910. The molecule has 0 heterocycles. The molecule has 0 radical (unpaired) electrons. The molecular formula is C13H16N2O8S. The van der Waals surface area contributed by atoms with Gasteiger partial charge in [0.2, 0.25) is 10.0 Å². The second kappa shape index (κ2) is 7.84. The van der Waals surface area contributed by atoms with Crippen molar-refractivity contribution in [3.8, 4) is 0 Å². The summed E-state index contributed by atoms with van der Waals surface area (Å²) < 4.78 is 30.5. The van der Waals surface area contributed by atoms with E-state index in [2.05, 4.69) is 4.74 Å². The first-order valence-corrected chi connectivity index (χ1v) is 8.17. The molecule has 10 nitrogen and oxygen atoms in total. The number of esters is 1. The van der Waals surface area contributed by atoms with Gasteiger partial charge in [-0.3, -0.25) is 14.9 Å². The summed E-state index contributed by atoms with van der Waals surface area (Å²) in [5, 5.41) is 19.7. The third-order valence-corrected chi connectivity index (χ3v) is 4.89. The first-order valence-electron chi connectivity index (χ1n) is 6.73. The third-order valence-electron chi connectivity index (χ3n) is 2.98. The van der Waals surface area contributed by atoms with Crippen LogP contribution in [-0.4, -0.2) is 54.9 Å². The molecule has 132 valence electrons. The maximum absolute atomic E-state index is 12.7. The van der Waals surface area contributed by atoms with E-state index >= 15 is 0 Å². The van der Waals surface area contributed by atoms with E-state index in [1.165, 1.54) is 0 Å². The van der Waals surface area contributed by atoms with E-state index in [1.54, 1.807) is 6.92 Å². The van der Waals surface area contributed by atoms with Crippen molar-refractivity contribution in [1.29, 1.82) is 0 Å². The van der Waals surface area contributed by atoms with Crippen LogP contribution in [-0.2, 0) is 19.6 Å². The van der Waals surface area contributed by atoms with Crippen molar-refractivity contribution < 1.29 is 32.8 Å². The Hall–Kier alpha value is -2.53. The van der Waals surface area contributed by atoms with Crippen LogP contribution < -0.4 is 0 Å². The van der Waals surface area contributed by atoms with Crippen molar-refractivity contribution in [3.05, 3.63) is 33.9 Å². The second-order valence-electron chi connectivity index (χ2n) is 4.66.